The molecule has 0 rings (SSSR count). The van der Waals surface area contributed by atoms with Crippen molar-refractivity contribution < 1.29 is 19.7 Å². The molecule has 0 saturated heterocycles. The Morgan fingerprint density at radius 2 is 1.59 bits per heavy atom. The summed E-state index contributed by atoms with van der Waals surface area (Å²) in [5.41, 5.74) is -1.93. The second-order valence-electron chi connectivity index (χ2n) is 5.95. The van der Waals surface area contributed by atoms with E-state index in [4.69, 9.17) is 0 Å². The molecule has 4 heteroatoms. The molecule has 2 atom stereocenters. The van der Waals surface area contributed by atoms with Gasteiger partial charge in [-0.3, -0.25) is 0 Å². The molecule has 0 aliphatic rings. The SMILES string of the molecule is C/C=C\[C@](O)(C(=O)OC)[C@@H](O)CCCCCCCCCCC. The van der Waals surface area contributed by atoms with Gasteiger partial charge in [-0.15, -0.1) is 0 Å². The Hall–Kier alpha value is -0.870. The zero-order chi connectivity index (χ0) is 16.8. The quantitative estimate of drug-likeness (QED) is 0.309. The van der Waals surface area contributed by atoms with Crippen molar-refractivity contribution in [1.82, 2.24) is 0 Å². The van der Waals surface area contributed by atoms with E-state index in [2.05, 4.69) is 11.7 Å². The van der Waals surface area contributed by atoms with Crippen LogP contribution >= 0.6 is 0 Å². The van der Waals surface area contributed by atoms with Gasteiger partial charge in [-0.25, -0.2) is 4.79 Å². The number of carbonyl (C=O) groups is 1. The molecule has 0 aromatic heterocycles. The number of methoxy groups -OCH3 is 1. The summed E-state index contributed by atoms with van der Waals surface area (Å²) in [6.45, 7) is 3.91. The molecule has 2 N–H and O–H groups in total. The van der Waals surface area contributed by atoms with Crippen LogP contribution in [0.15, 0.2) is 12.2 Å². The summed E-state index contributed by atoms with van der Waals surface area (Å²) < 4.78 is 4.58. The van der Waals surface area contributed by atoms with Gasteiger partial charge in [0, 0.05) is 0 Å². The normalized spacial score (nSPS) is 15.7. The van der Waals surface area contributed by atoms with Gasteiger partial charge in [0.1, 0.15) is 0 Å². The van der Waals surface area contributed by atoms with Crippen LogP contribution in [0, 0.1) is 0 Å². The molecule has 22 heavy (non-hydrogen) atoms. The van der Waals surface area contributed by atoms with Crippen molar-refractivity contribution in [3.05, 3.63) is 12.2 Å². The van der Waals surface area contributed by atoms with Crippen LogP contribution in [-0.2, 0) is 9.53 Å². The minimum Gasteiger partial charge on any atom is -0.467 e. The predicted molar refractivity (Wildman–Crippen MR) is 89.6 cm³/mol. The van der Waals surface area contributed by atoms with Gasteiger partial charge in [0.05, 0.1) is 13.2 Å². The van der Waals surface area contributed by atoms with E-state index in [0.717, 1.165) is 19.3 Å². The molecule has 0 amide bonds. The van der Waals surface area contributed by atoms with Gasteiger partial charge < -0.3 is 14.9 Å². The van der Waals surface area contributed by atoms with Crippen LogP contribution in [-0.4, -0.2) is 35.0 Å². The van der Waals surface area contributed by atoms with Crippen molar-refractivity contribution in [2.24, 2.45) is 0 Å². The minimum absolute atomic E-state index is 0.395. The maximum absolute atomic E-state index is 11.6. The van der Waals surface area contributed by atoms with E-state index >= 15 is 0 Å². The third kappa shape index (κ3) is 7.95. The van der Waals surface area contributed by atoms with Gasteiger partial charge in [-0.2, -0.15) is 0 Å². The summed E-state index contributed by atoms with van der Waals surface area (Å²) in [5, 5.41) is 20.4. The van der Waals surface area contributed by atoms with Gasteiger partial charge in [0.15, 0.2) is 0 Å². The second kappa shape index (κ2) is 12.7. The molecule has 4 nitrogen and oxygen atoms in total. The van der Waals surface area contributed by atoms with Gasteiger partial charge >= 0.3 is 5.97 Å². The molecule has 0 aliphatic carbocycles. The summed E-state index contributed by atoms with van der Waals surface area (Å²) in [5.74, 6) is -0.811. The van der Waals surface area contributed by atoms with E-state index < -0.39 is 17.7 Å². The molecule has 0 aromatic carbocycles. The standard InChI is InChI=1S/C18H34O4/c1-4-6-7-8-9-10-11-12-13-14-16(19)18(21,15-5-2)17(20)22-3/h5,15-16,19,21H,4,6-14H2,1-3H3/b15-5-/t16-,18+/m0/s1. The first-order valence-electron chi connectivity index (χ1n) is 8.65. The minimum atomic E-state index is -1.93. The third-order valence-electron chi connectivity index (χ3n) is 4.02. The first-order chi connectivity index (χ1) is 10.5. The molecule has 0 bridgehead atoms. The predicted octanol–water partition coefficient (Wildman–Crippen LogP) is 3.75. The van der Waals surface area contributed by atoms with Crippen LogP contribution in [0.1, 0.15) is 78.1 Å². The lowest BCUT2D eigenvalue weighted by Crippen LogP contribution is -2.48. The summed E-state index contributed by atoms with van der Waals surface area (Å²) in [7, 11) is 1.21. The Bertz CT molecular complexity index is 314. The first-order valence-corrected chi connectivity index (χ1v) is 8.65. The van der Waals surface area contributed by atoms with Crippen LogP contribution in [0.25, 0.3) is 0 Å². The molecule has 0 heterocycles. The molecule has 0 spiro atoms. The highest BCUT2D eigenvalue weighted by Gasteiger charge is 2.41. The maximum Gasteiger partial charge on any atom is 0.344 e. The number of aliphatic hydroxyl groups excluding tert-OH is 1. The summed E-state index contributed by atoms with van der Waals surface area (Å²) in [4.78, 5) is 11.6. The fraction of sp³-hybridized carbons (Fsp3) is 0.833. The number of ether oxygens (including phenoxy) is 1. The molecule has 0 aliphatic heterocycles. The smallest absolute Gasteiger partial charge is 0.344 e. The van der Waals surface area contributed by atoms with Crippen molar-refractivity contribution >= 4 is 5.97 Å². The van der Waals surface area contributed by atoms with E-state index in [1.807, 2.05) is 0 Å². The van der Waals surface area contributed by atoms with Crippen LogP contribution in [0.3, 0.4) is 0 Å². The number of hydrogen-bond acceptors (Lipinski definition) is 4. The van der Waals surface area contributed by atoms with Crippen molar-refractivity contribution in [3.8, 4) is 0 Å². The van der Waals surface area contributed by atoms with E-state index in [1.54, 1.807) is 13.0 Å². The molecule has 0 unspecified atom stereocenters. The Labute approximate surface area is 135 Å². The number of carbonyl (C=O) groups excluding carboxylic acids is 1. The molecule has 0 fully saturated rings. The highest BCUT2D eigenvalue weighted by atomic mass is 16.5. The van der Waals surface area contributed by atoms with Crippen molar-refractivity contribution in [2.75, 3.05) is 7.11 Å². The Kier molecular flexibility index (Phi) is 12.2. The molecular formula is C18H34O4. The Morgan fingerprint density at radius 3 is 2.05 bits per heavy atom. The average Bonchev–Trinajstić information content (AvgIpc) is 2.52. The van der Waals surface area contributed by atoms with Gasteiger partial charge in [-0.05, 0) is 19.4 Å². The zero-order valence-corrected chi connectivity index (χ0v) is 14.5. The molecule has 0 saturated carbocycles. The summed E-state index contributed by atoms with van der Waals surface area (Å²) in [6.07, 6.45) is 12.8. The van der Waals surface area contributed by atoms with E-state index in [9.17, 15) is 15.0 Å². The van der Waals surface area contributed by atoms with Crippen LogP contribution in [0.4, 0.5) is 0 Å². The molecule has 0 radical (unpaired) electrons. The molecule has 130 valence electrons. The molecule has 0 aromatic rings. The van der Waals surface area contributed by atoms with Gasteiger partial charge in [-0.1, -0.05) is 70.8 Å². The average molecular weight is 314 g/mol. The van der Waals surface area contributed by atoms with Crippen molar-refractivity contribution in [2.45, 2.75) is 89.8 Å². The molecular weight excluding hydrogens is 280 g/mol. The Balaban J connectivity index is 3.91. The third-order valence-corrected chi connectivity index (χ3v) is 4.02. The largest absolute Gasteiger partial charge is 0.467 e. The fourth-order valence-electron chi connectivity index (χ4n) is 2.60. The maximum atomic E-state index is 11.6. The van der Waals surface area contributed by atoms with Crippen molar-refractivity contribution in [1.29, 1.82) is 0 Å². The summed E-state index contributed by atoms with van der Waals surface area (Å²) in [6, 6.07) is 0. The fourth-order valence-corrected chi connectivity index (χ4v) is 2.60. The number of hydrogen-bond donors (Lipinski definition) is 2. The van der Waals surface area contributed by atoms with Crippen LogP contribution in [0.2, 0.25) is 0 Å². The lowest BCUT2D eigenvalue weighted by molar-refractivity contribution is -0.167. The van der Waals surface area contributed by atoms with Crippen LogP contribution < -0.4 is 0 Å². The topological polar surface area (TPSA) is 66.8 Å². The monoisotopic (exact) mass is 314 g/mol. The highest BCUT2D eigenvalue weighted by Crippen LogP contribution is 2.21. The number of esters is 1. The van der Waals surface area contributed by atoms with E-state index in [1.165, 1.54) is 51.7 Å². The number of aliphatic hydroxyl groups is 2. The first kappa shape index (κ1) is 21.1. The van der Waals surface area contributed by atoms with Gasteiger partial charge in [0.25, 0.3) is 0 Å². The Morgan fingerprint density at radius 1 is 1.09 bits per heavy atom. The number of rotatable bonds is 13. The lowest BCUT2D eigenvalue weighted by Gasteiger charge is -2.27. The highest BCUT2D eigenvalue weighted by molar-refractivity contribution is 5.82. The summed E-state index contributed by atoms with van der Waals surface area (Å²) >= 11 is 0. The van der Waals surface area contributed by atoms with Crippen LogP contribution in [0.5, 0.6) is 0 Å². The van der Waals surface area contributed by atoms with Gasteiger partial charge in [0.2, 0.25) is 5.60 Å². The second-order valence-corrected chi connectivity index (χ2v) is 5.95. The number of allylic oxidation sites excluding steroid dienone is 1. The lowest BCUT2D eigenvalue weighted by atomic mass is 9.91. The van der Waals surface area contributed by atoms with Crippen molar-refractivity contribution in [3.63, 3.8) is 0 Å². The number of unbranched alkanes of at least 4 members (excludes halogenated alkanes) is 8. The van der Waals surface area contributed by atoms with E-state index in [-0.39, 0.29) is 0 Å². The zero-order valence-electron chi connectivity index (χ0n) is 14.5. The van der Waals surface area contributed by atoms with E-state index in [0.29, 0.717) is 6.42 Å².